The zero-order valence-corrected chi connectivity index (χ0v) is 18.4. The van der Waals surface area contributed by atoms with Crippen LogP contribution in [-0.4, -0.2) is 35.7 Å². The minimum absolute atomic E-state index is 0.0828. The fourth-order valence-corrected chi connectivity index (χ4v) is 3.94. The topological polar surface area (TPSA) is 77.6 Å². The number of amides is 1. The van der Waals surface area contributed by atoms with Crippen LogP contribution in [0.5, 0.6) is 0 Å². The lowest BCUT2D eigenvalue weighted by Crippen LogP contribution is -2.25. The van der Waals surface area contributed by atoms with Gasteiger partial charge in [0.15, 0.2) is 11.0 Å². The predicted molar refractivity (Wildman–Crippen MR) is 117 cm³/mol. The molecule has 0 fully saturated rings. The van der Waals surface area contributed by atoms with Gasteiger partial charge in [0.2, 0.25) is 5.91 Å². The number of nitrogens with zero attached hydrogens (tertiary/aromatic N) is 5. The van der Waals surface area contributed by atoms with E-state index in [1.54, 1.807) is 10.9 Å². The third-order valence-electron chi connectivity index (χ3n) is 4.50. The Morgan fingerprint density at radius 2 is 2.00 bits per heavy atom. The van der Waals surface area contributed by atoms with Crippen LogP contribution < -0.4 is 5.32 Å². The van der Waals surface area contributed by atoms with E-state index in [4.69, 9.17) is 0 Å². The van der Waals surface area contributed by atoms with Crippen LogP contribution in [0.25, 0.3) is 11.4 Å². The zero-order chi connectivity index (χ0) is 21.0. The summed E-state index contributed by atoms with van der Waals surface area (Å²) in [7, 11) is 0. The molecule has 154 valence electrons. The van der Waals surface area contributed by atoms with Crippen LogP contribution >= 0.6 is 11.8 Å². The lowest BCUT2D eigenvalue weighted by molar-refractivity contribution is -0.115. The molecule has 0 aliphatic carbocycles. The fourth-order valence-electron chi connectivity index (χ4n) is 3.06. The SMILES string of the molecule is CCCn1c(SC(C)C(=O)Nc2ccnn2C(C)C)nnc1-c1cccc(C)c1. The molecule has 0 radical (unpaired) electrons. The first kappa shape index (κ1) is 21.1. The summed E-state index contributed by atoms with van der Waals surface area (Å²) in [6, 6.07) is 10.2. The molecular formula is C21H28N6OS. The number of benzene rings is 1. The molecule has 0 saturated heterocycles. The van der Waals surface area contributed by atoms with E-state index in [1.165, 1.54) is 17.3 Å². The molecule has 2 heterocycles. The highest BCUT2D eigenvalue weighted by Gasteiger charge is 2.22. The summed E-state index contributed by atoms with van der Waals surface area (Å²) in [5.41, 5.74) is 2.22. The molecular weight excluding hydrogens is 384 g/mol. The Morgan fingerprint density at radius 1 is 1.21 bits per heavy atom. The molecule has 1 N–H and O–H groups in total. The van der Waals surface area contributed by atoms with E-state index in [0.29, 0.717) is 5.82 Å². The number of hydrogen-bond acceptors (Lipinski definition) is 5. The van der Waals surface area contributed by atoms with Gasteiger partial charge in [0.1, 0.15) is 5.82 Å². The highest BCUT2D eigenvalue weighted by Crippen LogP contribution is 2.28. The molecule has 29 heavy (non-hydrogen) atoms. The summed E-state index contributed by atoms with van der Waals surface area (Å²) in [4.78, 5) is 12.7. The summed E-state index contributed by atoms with van der Waals surface area (Å²) in [6.45, 7) is 10.9. The molecule has 1 aromatic carbocycles. The van der Waals surface area contributed by atoms with Gasteiger partial charge in [-0.2, -0.15) is 5.10 Å². The summed E-state index contributed by atoms with van der Waals surface area (Å²) in [6.07, 6.45) is 2.65. The van der Waals surface area contributed by atoms with Crippen molar-refractivity contribution in [3.8, 4) is 11.4 Å². The maximum absolute atomic E-state index is 12.7. The van der Waals surface area contributed by atoms with E-state index in [2.05, 4.69) is 51.2 Å². The molecule has 1 amide bonds. The van der Waals surface area contributed by atoms with Crippen LogP contribution in [0.2, 0.25) is 0 Å². The van der Waals surface area contributed by atoms with Gasteiger partial charge in [-0.1, -0.05) is 42.4 Å². The number of thioether (sulfide) groups is 1. The molecule has 1 unspecified atom stereocenters. The van der Waals surface area contributed by atoms with Crippen molar-refractivity contribution >= 4 is 23.5 Å². The van der Waals surface area contributed by atoms with Crippen LogP contribution in [0.3, 0.4) is 0 Å². The Labute approximate surface area is 175 Å². The lowest BCUT2D eigenvalue weighted by atomic mass is 10.1. The van der Waals surface area contributed by atoms with E-state index < -0.39 is 0 Å². The fraction of sp³-hybridized carbons (Fsp3) is 0.429. The van der Waals surface area contributed by atoms with Gasteiger partial charge in [0.25, 0.3) is 0 Å². The van der Waals surface area contributed by atoms with Crippen molar-refractivity contribution in [1.29, 1.82) is 0 Å². The molecule has 0 aliphatic rings. The smallest absolute Gasteiger partial charge is 0.238 e. The second-order valence-corrected chi connectivity index (χ2v) is 8.64. The number of aryl methyl sites for hydroxylation is 1. The highest BCUT2D eigenvalue weighted by atomic mass is 32.2. The maximum Gasteiger partial charge on any atom is 0.238 e. The third kappa shape index (κ3) is 4.87. The van der Waals surface area contributed by atoms with Gasteiger partial charge in [0, 0.05) is 24.2 Å². The van der Waals surface area contributed by atoms with Gasteiger partial charge in [-0.3, -0.25) is 4.79 Å². The molecule has 3 aromatic rings. The molecule has 0 spiro atoms. The number of carbonyl (C=O) groups excluding carboxylic acids is 1. The number of aromatic nitrogens is 5. The highest BCUT2D eigenvalue weighted by molar-refractivity contribution is 8.00. The Morgan fingerprint density at radius 3 is 2.69 bits per heavy atom. The van der Waals surface area contributed by atoms with Gasteiger partial charge in [-0.25, -0.2) is 4.68 Å². The van der Waals surface area contributed by atoms with Gasteiger partial charge < -0.3 is 9.88 Å². The summed E-state index contributed by atoms with van der Waals surface area (Å²) >= 11 is 1.42. The Bertz CT molecular complexity index is 977. The van der Waals surface area contributed by atoms with Crippen molar-refractivity contribution in [2.24, 2.45) is 0 Å². The van der Waals surface area contributed by atoms with Gasteiger partial charge in [-0.05, 0) is 40.2 Å². The second kappa shape index (κ2) is 9.26. The second-order valence-electron chi connectivity index (χ2n) is 7.33. The number of anilines is 1. The Balaban J connectivity index is 1.78. The molecule has 0 aliphatic heterocycles. The zero-order valence-electron chi connectivity index (χ0n) is 17.6. The average molecular weight is 413 g/mol. The first-order chi connectivity index (χ1) is 13.9. The molecule has 3 rings (SSSR count). The molecule has 1 atom stereocenters. The van der Waals surface area contributed by atoms with Crippen LogP contribution in [0.4, 0.5) is 5.82 Å². The maximum atomic E-state index is 12.7. The molecule has 7 nitrogen and oxygen atoms in total. The molecule has 2 aromatic heterocycles. The molecule has 0 saturated carbocycles. The first-order valence-corrected chi connectivity index (χ1v) is 10.8. The standard InChI is InChI=1S/C21H28N6OS/c1-6-12-26-19(17-9-7-8-15(4)13-17)24-25-21(26)29-16(5)20(28)23-18-10-11-22-27(18)14(2)3/h7-11,13-14,16H,6,12H2,1-5H3,(H,23,28). The Kier molecular flexibility index (Phi) is 6.74. The quantitative estimate of drug-likeness (QED) is 0.549. The van der Waals surface area contributed by atoms with Crippen LogP contribution in [0.1, 0.15) is 45.7 Å². The van der Waals surface area contributed by atoms with E-state index >= 15 is 0 Å². The number of hydrogen-bond donors (Lipinski definition) is 1. The largest absolute Gasteiger partial charge is 0.310 e. The van der Waals surface area contributed by atoms with Gasteiger partial charge >= 0.3 is 0 Å². The van der Waals surface area contributed by atoms with Crippen molar-refractivity contribution in [2.45, 2.75) is 64.0 Å². The normalized spacial score (nSPS) is 12.3. The third-order valence-corrected chi connectivity index (χ3v) is 5.58. The van der Waals surface area contributed by atoms with Crippen LogP contribution in [0, 0.1) is 6.92 Å². The summed E-state index contributed by atoms with van der Waals surface area (Å²) in [5.74, 6) is 1.46. The van der Waals surface area contributed by atoms with E-state index in [0.717, 1.165) is 29.5 Å². The lowest BCUT2D eigenvalue weighted by Gasteiger charge is -2.15. The van der Waals surface area contributed by atoms with Gasteiger partial charge in [0.05, 0.1) is 11.4 Å². The molecule has 0 bridgehead atoms. The summed E-state index contributed by atoms with van der Waals surface area (Å²) < 4.78 is 3.90. The monoisotopic (exact) mass is 412 g/mol. The minimum Gasteiger partial charge on any atom is -0.310 e. The van der Waals surface area contributed by atoms with Crippen LogP contribution in [-0.2, 0) is 11.3 Å². The van der Waals surface area contributed by atoms with E-state index in [1.807, 2.05) is 39.0 Å². The predicted octanol–water partition coefficient (Wildman–Crippen LogP) is 4.56. The summed E-state index contributed by atoms with van der Waals surface area (Å²) in [5, 5.41) is 16.5. The number of rotatable bonds is 8. The Hall–Kier alpha value is -2.61. The van der Waals surface area contributed by atoms with Crippen molar-refractivity contribution in [1.82, 2.24) is 24.5 Å². The van der Waals surface area contributed by atoms with E-state index in [-0.39, 0.29) is 17.2 Å². The number of carbonyl (C=O) groups is 1. The van der Waals surface area contributed by atoms with Crippen molar-refractivity contribution in [3.05, 3.63) is 42.1 Å². The van der Waals surface area contributed by atoms with Crippen molar-refractivity contribution in [3.63, 3.8) is 0 Å². The molecule has 8 heteroatoms. The minimum atomic E-state index is -0.323. The average Bonchev–Trinajstić information content (AvgIpc) is 3.29. The number of nitrogens with one attached hydrogen (secondary N) is 1. The van der Waals surface area contributed by atoms with Crippen molar-refractivity contribution in [2.75, 3.05) is 5.32 Å². The first-order valence-electron chi connectivity index (χ1n) is 9.92. The van der Waals surface area contributed by atoms with E-state index in [9.17, 15) is 4.79 Å². The van der Waals surface area contributed by atoms with Gasteiger partial charge in [-0.15, -0.1) is 10.2 Å². The van der Waals surface area contributed by atoms with Crippen molar-refractivity contribution < 1.29 is 4.79 Å². The van der Waals surface area contributed by atoms with Crippen LogP contribution in [0.15, 0.2) is 41.7 Å².